The highest BCUT2D eigenvalue weighted by Crippen LogP contribution is 2.33. The Kier molecular flexibility index (Phi) is 6.08. The smallest absolute Gasteiger partial charge is 0.313 e. The fraction of sp³-hybridized carbons (Fsp3) is 0.368. The van der Waals surface area contributed by atoms with Crippen LogP contribution in [0.3, 0.4) is 0 Å². The Morgan fingerprint density at radius 1 is 1.31 bits per heavy atom. The lowest BCUT2D eigenvalue weighted by Crippen LogP contribution is -2.35. The van der Waals surface area contributed by atoms with E-state index in [-0.39, 0.29) is 11.4 Å². The van der Waals surface area contributed by atoms with Crippen molar-refractivity contribution in [1.29, 1.82) is 0 Å². The third-order valence-corrected chi connectivity index (χ3v) is 4.88. The highest BCUT2D eigenvalue weighted by molar-refractivity contribution is 6.30. The average molecular weight is 376 g/mol. The fourth-order valence-corrected chi connectivity index (χ4v) is 3.31. The molecule has 138 valence electrons. The predicted molar refractivity (Wildman–Crippen MR) is 102 cm³/mol. The molecule has 26 heavy (non-hydrogen) atoms. The number of nitrogens with zero attached hydrogens (tertiary/aromatic N) is 2. The summed E-state index contributed by atoms with van der Waals surface area (Å²) in [7, 11) is 2.17. The molecule has 1 saturated heterocycles. The van der Waals surface area contributed by atoms with Gasteiger partial charge in [0, 0.05) is 30.2 Å². The maximum atomic E-state index is 11.1. The SMILES string of the molecule is CN1CCCC1CNCc1ccc(Oc2ccc(Cl)cc2[N+](=O)[O-])cc1. The zero-order valence-corrected chi connectivity index (χ0v) is 15.4. The first-order valence-corrected chi connectivity index (χ1v) is 9.02. The van der Waals surface area contributed by atoms with E-state index in [1.165, 1.54) is 31.5 Å². The minimum Gasteiger partial charge on any atom is -0.450 e. The maximum Gasteiger partial charge on any atom is 0.313 e. The second kappa shape index (κ2) is 8.49. The number of nitro groups is 1. The van der Waals surface area contributed by atoms with Crippen molar-refractivity contribution < 1.29 is 9.66 Å². The van der Waals surface area contributed by atoms with Crippen LogP contribution in [0.5, 0.6) is 11.5 Å². The summed E-state index contributed by atoms with van der Waals surface area (Å²) >= 11 is 5.82. The van der Waals surface area contributed by atoms with Crippen molar-refractivity contribution in [2.75, 3.05) is 20.1 Å². The number of hydrogen-bond acceptors (Lipinski definition) is 5. The third kappa shape index (κ3) is 4.72. The number of nitrogens with one attached hydrogen (secondary N) is 1. The zero-order valence-electron chi connectivity index (χ0n) is 14.7. The van der Waals surface area contributed by atoms with Gasteiger partial charge in [-0.2, -0.15) is 0 Å². The molecule has 0 amide bonds. The fourth-order valence-electron chi connectivity index (χ4n) is 3.14. The number of ether oxygens (including phenoxy) is 1. The van der Waals surface area contributed by atoms with E-state index in [0.29, 0.717) is 16.8 Å². The quantitative estimate of drug-likeness (QED) is 0.579. The number of rotatable bonds is 7. The third-order valence-electron chi connectivity index (χ3n) is 4.65. The molecule has 1 N–H and O–H groups in total. The normalized spacial score (nSPS) is 17.4. The minimum atomic E-state index is -0.500. The topological polar surface area (TPSA) is 67.6 Å². The van der Waals surface area contributed by atoms with Gasteiger partial charge in [0.25, 0.3) is 0 Å². The van der Waals surface area contributed by atoms with Gasteiger partial charge < -0.3 is 15.0 Å². The summed E-state index contributed by atoms with van der Waals surface area (Å²) in [5.41, 5.74) is 0.993. The molecule has 0 saturated carbocycles. The van der Waals surface area contributed by atoms with Crippen LogP contribution in [0.1, 0.15) is 18.4 Å². The largest absolute Gasteiger partial charge is 0.450 e. The lowest BCUT2D eigenvalue weighted by atomic mass is 10.2. The zero-order chi connectivity index (χ0) is 18.5. The Bertz CT molecular complexity index is 767. The number of halogens is 1. The molecule has 1 aliphatic heterocycles. The van der Waals surface area contributed by atoms with Crippen LogP contribution in [0.25, 0.3) is 0 Å². The van der Waals surface area contributed by atoms with Gasteiger partial charge in [0.05, 0.1) is 4.92 Å². The molecular weight excluding hydrogens is 354 g/mol. The highest BCUT2D eigenvalue weighted by Gasteiger charge is 2.20. The van der Waals surface area contributed by atoms with Crippen LogP contribution < -0.4 is 10.1 Å². The Hall–Kier alpha value is -2.15. The molecule has 0 aliphatic carbocycles. The lowest BCUT2D eigenvalue weighted by Gasteiger charge is -2.19. The van der Waals surface area contributed by atoms with E-state index in [2.05, 4.69) is 17.3 Å². The van der Waals surface area contributed by atoms with Crippen LogP contribution in [0.2, 0.25) is 5.02 Å². The van der Waals surface area contributed by atoms with Gasteiger partial charge in [-0.1, -0.05) is 23.7 Å². The number of hydrogen-bond donors (Lipinski definition) is 1. The summed E-state index contributed by atoms with van der Waals surface area (Å²) in [5, 5.41) is 14.9. The van der Waals surface area contributed by atoms with Crippen LogP contribution in [0, 0.1) is 10.1 Å². The average Bonchev–Trinajstić information content (AvgIpc) is 3.03. The Morgan fingerprint density at radius 3 is 2.73 bits per heavy atom. The second-order valence-electron chi connectivity index (χ2n) is 6.52. The molecule has 2 aromatic rings. The number of benzene rings is 2. The molecular formula is C19H22ClN3O3. The summed E-state index contributed by atoms with van der Waals surface area (Å²) in [6.45, 7) is 2.94. The standard InChI is InChI=1S/C19H22ClN3O3/c1-22-10-2-3-16(22)13-21-12-14-4-7-17(8-5-14)26-19-9-6-15(20)11-18(19)23(24)25/h4-9,11,16,21H,2-3,10,12-13H2,1H3. The molecule has 1 aliphatic rings. The van der Waals surface area contributed by atoms with Gasteiger partial charge in [-0.25, -0.2) is 0 Å². The van der Waals surface area contributed by atoms with E-state index in [1.807, 2.05) is 24.3 Å². The number of likely N-dealkylation sites (N-methyl/N-ethyl adjacent to an activating group) is 1. The maximum absolute atomic E-state index is 11.1. The molecule has 6 nitrogen and oxygen atoms in total. The van der Waals surface area contributed by atoms with Crippen LogP contribution in [-0.4, -0.2) is 36.0 Å². The molecule has 0 aromatic heterocycles. The lowest BCUT2D eigenvalue weighted by molar-refractivity contribution is -0.385. The first-order valence-electron chi connectivity index (χ1n) is 8.64. The number of likely N-dealkylation sites (tertiary alicyclic amines) is 1. The molecule has 1 unspecified atom stereocenters. The summed E-state index contributed by atoms with van der Waals surface area (Å²) in [5.74, 6) is 0.726. The summed E-state index contributed by atoms with van der Waals surface area (Å²) in [6.07, 6.45) is 2.52. The number of nitro benzene ring substituents is 1. The molecule has 1 atom stereocenters. The Balaban J connectivity index is 1.57. The van der Waals surface area contributed by atoms with Crippen LogP contribution >= 0.6 is 11.6 Å². The van der Waals surface area contributed by atoms with Crippen molar-refractivity contribution in [2.24, 2.45) is 0 Å². The van der Waals surface area contributed by atoms with Gasteiger partial charge >= 0.3 is 5.69 Å². The van der Waals surface area contributed by atoms with E-state index in [0.717, 1.165) is 18.7 Å². The van der Waals surface area contributed by atoms with E-state index in [9.17, 15) is 10.1 Å². The summed E-state index contributed by atoms with van der Waals surface area (Å²) in [4.78, 5) is 13.0. The predicted octanol–water partition coefficient (Wildman–Crippen LogP) is 4.22. The van der Waals surface area contributed by atoms with Gasteiger partial charge in [-0.15, -0.1) is 0 Å². The van der Waals surface area contributed by atoms with Crippen LogP contribution in [0.4, 0.5) is 5.69 Å². The summed E-state index contributed by atoms with van der Waals surface area (Å²) in [6, 6.07) is 12.5. The van der Waals surface area contributed by atoms with Gasteiger partial charge in [0.1, 0.15) is 5.75 Å². The molecule has 0 bridgehead atoms. The van der Waals surface area contributed by atoms with Gasteiger partial charge in [-0.05, 0) is 56.3 Å². The van der Waals surface area contributed by atoms with E-state index in [4.69, 9.17) is 16.3 Å². The van der Waals surface area contributed by atoms with Gasteiger partial charge in [-0.3, -0.25) is 10.1 Å². The highest BCUT2D eigenvalue weighted by atomic mass is 35.5. The second-order valence-corrected chi connectivity index (χ2v) is 6.96. The first-order chi connectivity index (χ1) is 12.5. The summed E-state index contributed by atoms with van der Waals surface area (Å²) < 4.78 is 5.65. The van der Waals surface area contributed by atoms with Crippen LogP contribution in [-0.2, 0) is 6.54 Å². The van der Waals surface area contributed by atoms with Gasteiger partial charge in [0.2, 0.25) is 5.75 Å². The van der Waals surface area contributed by atoms with E-state index in [1.54, 1.807) is 6.07 Å². The molecule has 2 aromatic carbocycles. The minimum absolute atomic E-state index is 0.149. The van der Waals surface area contributed by atoms with Gasteiger partial charge in [0.15, 0.2) is 0 Å². The first kappa shape index (κ1) is 18.6. The molecule has 0 radical (unpaired) electrons. The molecule has 1 heterocycles. The van der Waals surface area contributed by atoms with E-state index >= 15 is 0 Å². The van der Waals surface area contributed by atoms with Crippen molar-refractivity contribution in [2.45, 2.75) is 25.4 Å². The molecule has 0 spiro atoms. The van der Waals surface area contributed by atoms with Crippen molar-refractivity contribution in [3.8, 4) is 11.5 Å². The molecule has 1 fully saturated rings. The van der Waals surface area contributed by atoms with Crippen LogP contribution in [0.15, 0.2) is 42.5 Å². The van der Waals surface area contributed by atoms with E-state index < -0.39 is 4.92 Å². The Morgan fingerprint density at radius 2 is 2.08 bits per heavy atom. The van der Waals surface area contributed by atoms with Crippen molar-refractivity contribution in [3.05, 3.63) is 63.2 Å². The van der Waals surface area contributed by atoms with Crippen molar-refractivity contribution >= 4 is 17.3 Å². The van der Waals surface area contributed by atoms with Crippen molar-refractivity contribution in [3.63, 3.8) is 0 Å². The Labute approximate surface area is 157 Å². The molecule has 7 heteroatoms. The monoisotopic (exact) mass is 375 g/mol. The van der Waals surface area contributed by atoms with Crippen molar-refractivity contribution in [1.82, 2.24) is 10.2 Å². The molecule has 3 rings (SSSR count).